The fourth-order valence-corrected chi connectivity index (χ4v) is 8.60. The van der Waals surface area contributed by atoms with Gasteiger partial charge in [0.25, 0.3) is 0 Å². The molecule has 0 atom stereocenters. The van der Waals surface area contributed by atoms with Gasteiger partial charge in [-0.2, -0.15) is 0 Å². The second-order valence-electron chi connectivity index (χ2n) is 13.9. The van der Waals surface area contributed by atoms with Gasteiger partial charge >= 0.3 is 0 Å². The Morgan fingerprint density at radius 1 is 0.463 bits per heavy atom. The summed E-state index contributed by atoms with van der Waals surface area (Å²) in [6.07, 6.45) is 0. The van der Waals surface area contributed by atoms with E-state index in [1.54, 1.807) is 0 Å². The molecule has 0 unspecified atom stereocenters. The summed E-state index contributed by atoms with van der Waals surface area (Å²) in [7, 11) is 0. The van der Waals surface area contributed by atoms with Gasteiger partial charge in [-0.25, -0.2) is 0 Å². The van der Waals surface area contributed by atoms with E-state index in [0.29, 0.717) is 5.92 Å². The third-order valence-electron chi connectivity index (χ3n) is 10.7. The summed E-state index contributed by atoms with van der Waals surface area (Å²) in [5, 5.41) is 11.0. The maximum absolute atomic E-state index is 2.58. The number of hydrogen-bond donors (Lipinski definition) is 0. The Hall–Kier alpha value is -4.16. The fourth-order valence-electron chi connectivity index (χ4n) is 8.60. The molecule has 0 fully saturated rings. The molecule has 7 aromatic rings. The van der Waals surface area contributed by atoms with Crippen LogP contribution in [-0.4, -0.2) is 0 Å². The number of fused-ring (bicyclic) bond motifs is 9. The van der Waals surface area contributed by atoms with Crippen LogP contribution in [-0.2, 0) is 10.8 Å². The van der Waals surface area contributed by atoms with E-state index < -0.39 is 0 Å². The largest absolute Gasteiger partial charge is 0.0616 e. The highest BCUT2D eigenvalue weighted by Crippen LogP contribution is 2.59. The third kappa shape index (κ3) is 2.72. The molecule has 0 radical (unpaired) electrons. The summed E-state index contributed by atoms with van der Waals surface area (Å²) < 4.78 is 0. The van der Waals surface area contributed by atoms with Gasteiger partial charge in [0.2, 0.25) is 0 Å². The minimum atomic E-state index is -0.0786. The Morgan fingerprint density at radius 2 is 1.02 bits per heavy atom. The average Bonchev–Trinajstić information content (AvgIpc) is 3.33. The summed E-state index contributed by atoms with van der Waals surface area (Å²) in [5.41, 5.74) is 12.9. The number of benzene rings is 7. The smallest absolute Gasteiger partial charge is 0.0159 e. The van der Waals surface area contributed by atoms with Gasteiger partial charge in [0.15, 0.2) is 0 Å². The molecule has 0 aliphatic heterocycles. The quantitative estimate of drug-likeness (QED) is 0.187. The zero-order valence-corrected chi connectivity index (χ0v) is 24.7. The molecule has 41 heavy (non-hydrogen) atoms. The number of hydrogen-bond acceptors (Lipinski definition) is 0. The van der Waals surface area contributed by atoms with Gasteiger partial charge in [-0.15, -0.1) is 0 Å². The van der Waals surface area contributed by atoms with Crippen molar-refractivity contribution >= 4 is 43.1 Å². The topological polar surface area (TPSA) is 0 Å². The Kier molecular flexibility index (Phi) is 4.23. The zero-order valence-electron chi connectivity index (χ0n) is 24.7. The summed E-state index contributed by atoms with van der Waals surface area (Å²) in [6.45, 7) is 14.4. The van der Waals surface area contributed by atoms with Gasteiger partial charge in [-0.3, -0.25) is 0 Å². The average molecular weight is 527 g/mol. The van der Waals surface area contributed by atoms with Crippen LogP contribution in [0, 0.1) is 0 Å². The first-order chi connectivity index (χ1) is 19.7. The maximum Gasteiger partial charge on any atom is 0.0159 e. The molecule has 7 aromatic carbocycles. The van der Waals surface area contributed by atoms with Crippen molar-refractivity contribution in [2.24, 2.45) is 0 Å². The molecule has 2 aliphatic carbocycles. The van der Waals surface area contributed by atoms with Crippen LogP contribution in [0.5, 0.6) is 0 Å². The summed E-state index contributed by atoms with van der Waals surface area (Å²) in [4.78, 5) is 0. The van der Waals surface area contributed by atoms with Crippen molar-refractivity contribution in [3.05, 3.63) is 119 Å². The second kappa shape index (κ2) is 7.37. The van der Waals surface area contributed by atoms with Crippen LogP contribution in [0.3, 0.4) is 0 Å². The van der Waals surface area contributed by atoms with E-state index in [-0.39, 0.29) is 10.8 Å². The minimum Gasteiger partial charge on any atom is -0.0616 e. The maximum atomic E-state index is 2.58. The van der Waals surface area contributed by atoms with Crippen molar-refractivity contribution < 1.29 is 0 Å². The van der Waals surface area contributed by atoms with E-state index in [9.17, 15) is 0 Å². The SMILES string of the molecule is CC(C)c1cc2c(c3ccccc13)-c1cc3c(cc1C2(C)C)-c1c(cc2ccc4cccc5ccc1c2c45)C3(C)C. The van der Waals surface area contributed by atoms with Crippen LogP contribution in [0.1, 0.15) is 75.3 Å². The lowest BCUT2D eigenvalue weighted by atomic mass is 9.78. The molecule has 0 amide bonds. The molecule has 0 heterocycles. The van der Waals surface area contributed by atoms with Crippen molar-refractivity contribution in [3.63, 3.8) is 0 Å². The molecule has 0 saturated heterocycles. The van der Waals surface area contributed by atoms with Crippen molar-refractivity contribution in [2.75, 3.05) is 0 Å². The summed E-state index contributed by atoms with van der Waals surface area (Å²) in [6, 6.07) is 35.3. The standard InChI is InChI=1S/C41H34/c1-22(2)29-19-35-38(27-13-8-7-12-26(27)29)30-20-33-31(21-32(30)41(35,5)6)39-28-17-16-24-11-9-10-23-14-15-25(37(28)36(23)24)18-34(39)40(33,3)4/h7-22H,1-6H3. The second-order valence-corrected chi connectivity index (χ2v) is 13.9. The first-order valence-corrected chi connectivity index (χ1v) is 15.1. The van der Waals surface area contributed by atoms with E-state index in [0.717, 1.165) is 0 Å². The lowest BCUT2D eigenvalue weighted by Crippen LogP contribution is -2.17. The Bertz CT molecular complexity index is 2260. The molecule has 0 saturated carbocycles. The van der Waals surface area contributed by atoms with Crippen LogP contribution in [0.4, 0.5) is 0 Å². The zero-order chi connectivity index (χ0) is 28.0. The normalized spacial score (nSPS) is 16.2. The van der Waals surface area contributed by atoms with E-state index in [4.69, 9.17) is 0 Å². The number of rotatable bonds is 1. The van der Waals surface area contributed by atoms with Crippen molar-refractivity contribution in [2.45, 2.75) is 58.3 Å². The molecule has 0 spiro atoms. The van der Waals surface area contributed by atoms with Crippen molar-refractivity contribution in [1.29, 1.82) is 0 Å². The van der Waals surface area contributed by atoms with E-state index in [1.807, 2.05) is 0 Å². The lowest BCUT2D eigenvalue weighted by Gasteiger charge is -2.25. The third-order valence-corrected chi connectivity index (χ3v) is 10.7. The van der Waals surface area contributed by atoms with E-state index >= 15 is 0 Å². The van der Waals surface area contributed by atoms with Crippen LogP contribution < -0.4 is 0 Å². The van der Waals surface area contributed by atoms with Gasteiger partial charge < -0.3 is 0 Å². The Labute approximate surface area is 242 Å². The van der Waals surface area contributed by atoms with Gasteiger partial charge in [-0.1, -0.05) is 114 Å². The highest BCUT2D eigenvalue weighted by Gasteiger charge is 2.43. The summed E-state index contributed by atoms with van der Waals surface area (Å²) >= 11 is 0. The van der Waals surface area contributed by atoms with E-state index in [1.165, 1.54) is 93.2 Å². The van der Waals surface area contributed by atoms with E-state index in [2.05, 4.69) is 133 Å². The van der Waals surface area contributed by atoms with Crippen LogP contribution in [0.2, 0.25) is 0 Å². The highest BCUT2D eigenvalue weighted by atomic mass is 14.5. The monoisotopic (exact) mass is 526 g/mol. The Balaban J connectivity index is 1.40. The molecule has 0 N–H and O–H groups in total. The minimum absolute atomic E-state index is 0.0654. The molecule has 9 rings (SSSR count). The first kappa shape index (κ1) is 23.5. The fraction of sp³-hybridized carbons (Fsp3) is 0.220. The van der Waals surface area contributed by atoms with Crippen molar-refractivity contribution in [1.82, 2.24) is 0 Å². The van der Waals surface area contributed by atoms with Crippen LogP contribution >= 0.6 is 0 Å². The predicted octanol–water partition coefficient (Wildman–Crippen LogP) is 11.5. The molecule has 2 aliphatic rings. The van der Waals surface area contributed by atoms with Gasteiger partial charge in [0.05, 0.1) is 0 Å². The summed E-state index contributed by atoms with van der Waals surface area (Å²) in [5.74, 6) is 0.480. The van der Waals surface area contributed by atoms with Crippen LogP contribution in [0.25, 0.3) is 65.3 Å². The first-order valence-electron chi connectivity index (χ1n) is 15.1. The Morgan fingerprint density at radius 3 is 1.68 bits per heavy atom. The molecular formula is C41H34. The van der Waals surface area contributed by atoms with Crippen molar-refractivity contribution in [3.8, 4) is 22.3 Å². The molecule has 198 valence electrons. The van der Waals surface area contributed by atoms with Crippen LogP contribution in [0.15, 0.2) is 91.0 Å². The molecule has 0 heteroatoms. The van der Waals surface area contributed by atoms with Gasteiger partial charge in [0.1, 0.15) is 0 Å². The van der Waals surface area contributed by atoms with Gasteiger partial charge in [-0.05, 0) is 117 Å². The lowest BCUT2D eigenvalue weighted by molar-refractivity contribution is 0.651. The molecule has 0 bridgehead atoms. The highest BCUT2D eigenvalue weighted by molar-refractivity contribution is 6.26. The molecule has 0 aromatic heterocycles. The molecular weight excluding hydrogens is 492 g/mol. The molecule has 0 nitrogen and oxygen atoms in total. The van der Waals surface area contributed by atoms with Gasteiger partial charge in [0, 0.05) is 10.8 Å². The predicted molar refractivity (Wildman–Crippen MR) is 177 cm³/mol.